The molecule has 1 aromatic carbocycles. The van der Waals surface area contributed by atoms with Crippen LogP contribution in [0.4, 0.5) is 5.69 Å². The standard InChI is InChI=1S/C15H18ClN3O/c1-10(2)17-7-5-14(20)19-13-9-12(16)8-11-4-3-6-18-15(11)13/h3-4,6,8-10,17H,5,7H2,1-2H3,(H,19,20). The molecule has 20 heavy (non-hydrogen) atoms. The Morgan fingerprint density at radius 1 is 1.40 bits per heavy atom. The molecule has 0 radical (unpaired) electrons. The number of amides is 1. The second kappa shape index (κ2) is 6.68. The lowest BCUT2D eigenvalue weighted by molar-refractivity contribution is -0.116. The number of halogens is 1. The number of carbonyl (C=O) groups is 1. The first-order valence-electron chi connectivity index (χ1n) is 6.64. The molecule has 4 nitrogen and oxygen atoms in total. The predicted molar refractivity (Wildman–Crippen MR) is 83.1 cm³/mol. The van der Waals surface area contributed by atoms with Crippen molar-refractivity contribution in [2.45, 2.75) is 26.3 Å². The van der Waals surface area contributed by atoms with Gasteiger partial charge in [-0.05, 0) is 18.2 Å². The van der Waals surface area contributed by atoms with Gasteiger partial charge in [-0.2, -0.15) is 0 Å². The van der Waals surface area contributed by atoms with E-state index in [4.69, 9.17) is 11.6 Å². The quantitative estimate of drug-likeness (QED) is 0.889. The molecule has 1 amide bonds. The van der Waals surface area contributed by atoms with Crippen molar-refractivity contribution in [3.05, 3.63) is 35.5 Å². The number of anilines is 1. The minimum Gasteiger partial charge on any atom is -0.324 e. The van der Waals surface area contributed by atoms with Crippen LogP contribution in [-0.2, 0) is 4.79 Å². The molecule has 2 rings (SSSR count). The van der Waals surface area contributed by atoms with Crippen LogP contribution < -0.4 is 10.6 Å². The van der Waals surface area contributed by atoms with Gasteiger partial charge in [0.25, 0.3) is 0 Å². The highest BCUT2D eigenvalue weighted by atomic mass is 35.5. The minimum atomic E-state index is -0.0487. The molecule has 1 aromatic heterocycles. The Balaban J connectivity index is 2.11. The second-order valence-corrected chi connectivity index (χ2v) is 5.37. The molecule has 0 spiro atoms. The lowest BCUT2D eigenvalue weighted by atomic mass is 10.2. The van der Waals surface area contributed by atoms with Crippen molar-refractivity contribution >= 4 is 34.1 Å². The van der Waals surface area contributed by atoms with Gasteiger partial charge < -0.3 is 10.6 Å². The van der Waals surface area contributed by atoms with E-state index < -0.39 is 0 Å². The fourth-order valence-corrected chi connectivity index (χ4v) is 2.16. The Morgan fingerprint density at radius 3 is 2.95 bits per heavy atom. The Morgan fingerprint density at radius 2 is 2.20 bits per heavy atom. The average molecular weight is 292 g/mol. The molecule has 2 aromatic rings. The smallest absolute Gasteiger partial charge is 0.225 e. The van der Waals surface area contributed by atoms with E-state index in [-0.39, 0.29) is 5.91 Å². The number of nitrogens with one attached hydrogen (secondary N) is 2. The van der Waals surface area contributed by atoms with E-state index in [0.29, 0.717) is 29.7 Å². The van der Waals surface area contributed by atoms with Crippen LogP contribution in [0.25, 0.3) is 10.9 Å². The van der Waals surface area contributed by atoms with Crippen molar-refractivity contribution in [3.63, 3.8) is 0 Å². The third-order valence-electron chi connectivity index (χ3n) is 2.85. The van der Waals surface area contributed by atoms with E-state index in [2.05, 4.69) is 15.6 Å². The zero-order chi connectivity index (χ0) is 14.5. The van der Waals surface area contributed by atoms with Crippen LogP contribution in [0.1, 0.15) is 20.3 Å². The maximum Gasteiger partial charge on any atom is 0.225 e. The number of hydrogen-bond donors (Lipinski definition) is 2. The highest BCUT2D eigenvalue weighted by Gasteiger charge is 2.08. The Hall–Kier alpha value is -1.65. The first-order chi connectivity index (χ1) is 9.56. The van der Waals surface area contributed by atoms with E-state index >= 15 is 0 Å². The first-order valence-corrected chi connectivity index (χ1v) is 7.01. The molecule has 0 aliphatic carbocycles. The van der Waals surface area contributed by atoms with Gasteiger partial charge in [0.15, 0.2) is 0 Å². The summed E-state index contributed by atoms with van der Waals surface area (Å²) in [6.07, 6.45) is 2.12. The molecule has 106 valence electrons. The van der Waals surface area contributed by atoms with Crippen molar-refractivity contribution in [3.8, 4) is 0 Å². The van der Waals surface area contributed by atoms with Gasteiger partial charge in [0.05, 0.1) is 11.2 Å². The van der Waals surface area contributed by atoms with Crippen LogP contribution in [0.5, 0.6) is 0 Å². The number of benzene rings is 1. The summed E-state index contributed by atoms with van der Waals surface area (Å²) in [5, 5.41) is 7.58. The highest BCUT2D eigenvalue weighted by Crippen LogP contribution is 2.26. The average Bonchev–Trinajstić information content (AvgIpc) is 2.38. The monoisotopic (exact) mass is 291 g/mol. The van der Waals surface area contributed by atoms with Gasteiger partial charge in [0, 0.05) is 35.6 Å². The fraction of sp³-hybridized carbons (Fsp3) is 0.333. The van der Waals surface area contributed by atoms with E-state index in [1.165, 1.54) is 0 Å². The fourth-order valence-electron chi connectivity index (χ4n) is 1.94. The van der Waals surface area contributed by atoms with Gasteiger partial charge in [-0.3, -0.25) is 9.78 Å². The molecular weight excluding hydrogens is 274 g/mol. The Labute approximate surface area is 123 Å². The molecule has 1 heterocycles. The van der Waals surface area contributed by atoms with Crippen LogP contribution >= 0.6 is 11.6 Å². The van der Waals surface area contributed by atoms with Gasteiger partial charge in [-0.15, -0.1) is 0 Å². The van der Waals surface area contributed by atoms with Crippen molar-refractivity contribution in [2.75, 3.05) is 11.9 Å². The molecule has 0 aliphatic rings. The molecule has 2 N–H and O–H groups in total. The number of aromatic nitrogens is 1. The number of nitrogens with zero attached hydrogens (tertiary/aromatic N) is 1. The number of rotatable bonds is 5. The van der Waals surface area contributed by atoms with Crippen molar-refractivity contribution in [2.24, 2.45) is 0 Å². The number of carbonyl (C=O) groups excluding carboxylic acids is 1. The van der Waals surface area contributed by atoms with Crippen molar-refractivity contribution in [1.82, 2.24) is 10.3 Å². The lowest BCUT2D eigenvalue weighted by Crippen LogP contribution is -2.27. The molecule has 0 saturated heterocycles. The van der Waals surface area contributed by atoms with Gasteiger partial charge in [0.1, 0.15) is 0 Å². The van der Waals surface area contributed by atoms with Crippen LogP contribution in [0.15, 0.2) is 30.5 Å². The van der Waals surface area contributed by atoms with Crippen molar-refractivity contribution in [1.29, 1.82) is 0 Å². The van der Waals surface area contributed by atoms with Crippen molar-refractivity contribution < 1.29 is 4.79 Å². The summed E-state index contributed by atoms with van der Waals surface area (Å²) in [5.41, 5.74) is 1.41. The van der Waals surface area contributed by atoms with E-state index in [1.807, 2.05) is 32.0 Å². The summed E-state index contributed by atoms with van der Waals surface area (Å²) < 4.78 is 0. The van der Waals surface area contributed by atoms with E-state index in [0.717, 1.165) is 10.9 Å². The lowest BCUT2D eigenvalue weighted by Gasteiger charge is -2.10. The van der Waals surface area contributed by atoms with Crippen LogP contribution in [0, 0.1) is 0 Å². The Bertz CT molecular complexity index is 613. The zero-order valence-corrected chi connectivity index (χ0v) is 12.4. The SMILES string of the molecule is CC(C)NCCC(=O)Nc1cc(Cl)cc2cccnc12. The summed E-state index contributed by atoms with van der Waals surface area (Å²) in [5.74, 6) is -0.0487. The van der Waals surface area contributed by atoms with E-state index in [1.54, 1.807) is 12.3 Å². The third kappa shape index (κ3) is 3.92. The zero-order valence-electron chi connectivity index (χ0n) is 11.6. The largest absolute Gasteiger partial charge is 0.324 e. The summed E-state index contributed by atoms with van der Waals surface area (Å²) in [4.78, 5) is 16.2. The third-order valence-corrected chi connectivity index (χ3v) is 3.07. The topological polar surface area (TPSA) is 54.0 Å². The Kier molecular flexibility index (Phi) is 4.93. The second-order valence-electron chi connectivity index (χ2n) is 4.94. The maximum absolute atomic E-state index is 11.9. The minimum absolute atomic E-state index is 0.0487. The summed E-state index contributed by atoms with van der Waals surface area (Å²) >= 11 is 6.06. The predicted octanol–water partition coefficient (Wildman–Crippen LogP) is 3.21. The maximum atomic E-state index is 11.9. The highest BCUT2D eigenvalue weighted by molar-refractivity contribution is 6.32. The molecule has 5 heteroatoms. The van der Waals surface area contributed by atoms with Gasteiger partial charge in [-0.25, -0.2) is 0 Å². The van der Waals surface area contributed by atoms with Gasteiger partial charge >= 0.3 is 0 Å². The number of pyridine rings is 1. The summed E-state index contributed by atoms with van der Waals surface area (Å²) in [6, 6.07) is 7.70. The summed E-state index contributed by atoms with van der Waals surface area (Å²) in [6.45, 7) is 4.74. The summed E-state index contributed by atoms with van der Waals surface area (Å²) in [7, 11) is 0. The molecular formula is C15H18ClN3O. The van der Waals surface area contributed by atoms with Crippen LogP contribution in [-0.4, -0.2) is 23.5 Å². The number of hydrogen-bond acceptors (Lipinski definition) is 3. The molecule has 0 unspecified atom stereocenters. The number of fused-ring (bicyclic) bond motifs is 1. The van der Waals surface area contributed by atoms with Gasteiger partial charge in [-0.1, -0.05) is 31.5 Å². The molecule has 0 aliphatic heterocycles. The van der Waals surface area contributed by atoms with Crippen LogP contribution in [0.2, 0.25) is 5.02 Å². The normalized spacial score (nSPS) is 11.0. The first kappa shape index (κ1) is 14.8. The van der Waals surface area contributed by atoms with Crippen LogP contribution in [0.3, 0.4) is 0 Å². The molecule has 0 fully saturated rings. The van der Waals surface area contributed by atoms with Gasteiger partial charge in [0.2, 0.25) is 5.91 Å². The molecule has 0 atom stereocenters. The van der Waals surface area contributed by atoms with E-state index in [9.17, 15) is 4.79 Å². The molecule has 0 bridgehead atoms. The molecule has 0 saturated carbocycles.